The standard InChI is InChI=1S/C11H13NO2S/c12-9(6-13)5-8-3-1-2-4-10(8)11(14)7-15/h1-4,6,9,15H,5,7,12H2/t9-/m0/s1. The van der Waals surface area contributed by atoms with E-state index >= 15 is 0 Å². The molecule has 0 aliphatic rings. The van der Waals surface area contributed by atoms with Crippen molar-refractivity contribution in [3.8, 4) is 0 Å². The molecule has 4 heteroatoms. The highest BCUT2D eigenvalue weighted by Crippen LogP contribution is 2.11. The summed E-state index contributed by atoms with van der Waals surface area (Å²) < 4.78 is 0. The van der Waals surface area contributed by atoms with E-state index in [2.05, 4.69) is 12.6 Å². The maximum absolute atomic E-state index is 11.5. The summed E-state index contributed by atoms with van der Waals surface area (Å²) in [6, 6.07) is 6.58. The van der Waals surface area contributed by atoms with E-state index in [0.29, 0.717) is 18.3 Å². The number of thiol groups is 1. The second kappa shape index (κ2) is 5.68. The number of hydrogen-bond donors (Lipinski definition) is 2. The minimum atomic E-state index is -0.557. The van der Waals surface area contributed by atoms with Gasteiger partial charge in [0.05, 0.1) is 11.8 Å². The van der Waals surface area contributed by atoms with Gasteiger partial charge in [-0.15, -0.1) is 0 Å². The fraction of sp³-hybridized carbons (Fsp3) is 0.273. The molecule has 1 atom stereocenters. The highest BCUT2D eigenvalue weighted by Gasteiger charge is 2.11. The third-order valence-electron chi connectivity index (χ3n) is 2.09. The Morgan fingerprint density at radius 2 is 2.13 bits per heavy atom. The van der Waals surface area contributed by atoms with Crippen molar-refractivity contribution in [2.75, 3.05) is 5.75 Å². The van der Waals surface area contributed by atoms with E-state index in [4.69, 9.17) is 5.73 Å². The lowest BCUT2D eigenvalue weighted by Crippen LogP contribution is -2.25. The smallest absolute Gasteiger partial charge is 0.172 e. The lowest BCUT2D eigenvalue weighted by molar-refractivity contribution is -0.108. The molecule has 0 radical (unpaired) electrons. The predicted octanol–water partition coefficient (Wildman–Crippen LogP) is 0.868. The molecule has 0 saturated heterocycles. The summed E-state index contributed by atoms with van der Waals surface area (Å²) in [5, 5.41) is 0. The van der Waals surface area contributed by atoms with E-state index in [9.17, 15) is 9.59 Å². The van der Waals surface area contributed by atoms with Gasteiger partial charge in [0.15, 0.2) is 5.78 Å². The zero-order chi connectivity index (χ0) is 11.3. The first-order chi connectivity index (χ1) is 7.19. The van der Waals surface area contributed by atoms with Crippen LogP contribution in [0.15, 0.2) is 24.3 Å². The van der Waals surface area contributed by atoms with Gasteiger partial charge in [0.1, 0.15) is 6.29 Å². The van der Waals surface area contributed by atoms with Crippen LogP contribution in [-0.4, -0.2) is 23.9 Å². The number of aldehydes is 1. The van der Waals surface area contributed by atoms with E-state index in [1.807, 2.05) is 6.07 Å². The van der Waals surface area contributed by atoms with Crippen LogP contribution in [0.1, 0.15) is 15.9 Å². The van der Waals surface area contributed by atoms with Crippen LogP contribution in [0.25, 0.3) is 0 Å². The molecule has 0 aliphatic heterocycles. The van der Waals surface area contributed by atoms with Crippen molar-refractivity contribution < 1.29 is 9.59 Å². The molecule has 0 spiro atoms. The maximum atomic E-state index is 11.5. The van der Waals surface area contributed by atoms with Crippen molar-refractivity contribution in [3.63, 3.8) is 0 Å². The molecule has 0 aliphatic carbocycles. The van der Waals surface area contributed by atoms with Gasteiger partial charge in [-0.05, 0) is 12.0 Å². The Morgan fingerprint density at radius 3 is 2.73 bits per heavy atom. The van der Waals surface area contributed by atoms with E-state index in [-0.39, 0.29) is 11.5 Å². The number of rotatable bonds is 5. The van der Waals surface area contributed by atoms with Crippen molar-refractivity contribution >= 4 is 24.7 Å². The lowest BCUT2D eigenvalue weighted by Gasteiger charge is -2.08. The molecule has 0 amide bonds. The summed E-state index contributed by atoms with van der Waals surface area (Å²) in [5.41, 5.74) is 6.92. The molecule has 1 rings (SSSR count). The molecule has 1 aromatic carbocycles. The molecule has 0 fully saturated rings. The Balaban J connectivity index is 2.95. The van der Waals surface area contributed by atoms with Crippen LogP contribution in [0.5, 0.6) is 0 Å². The van der Waals surface area contributed by atoms with Crippen LogP contribution in [0.2, 0.25) is 0 Å². The van der Waals surface area contributed by atoms with Crippen molar-refractivity contribution in [1.82, 2.24) is 0 Å². The molecular weight excluding hydrogens is 210 g/mol. The molecule has 2 N–H and O–H groups in total. The molecule has 0 bridgehead atoms. The lowest BCUT2D eigenvalue weighted by atomic mass is 9.99. The van der Waals surface area contributed by atoms with Gasteiger partial charge in [-0.1, -0.05) is 24.3 Å². The minimum absolute atomic E-state index is 0.0490. The summed E-state index contributed by atoms with van der Waals surface area (Å²) in [6.07, 6.45) is 1.07. The number of carbonyl (C=O) groups excluding carboxylic acids is 2. The van der Waals surface area contributed by atoms with Gasteiger partial charge in [0.2, 0.25) is 0 Å². The second-order valence-corrected chi connectivity index (χ2v) is 3.56. The van der Waals surface area contributed by atoms with E-state index in [1.165, 1.54) is 0 Å². The highest BCUT2D eigenvalue weighted by molar-refractivity contribution is 7.81. The minimum Gasteiger partial charge on any atom is -0.321 e. The quantitative estimate of drug-likeness (QED) is 0.442. The molecule has 1 aromatic rings. The fourth-order valence-corrected chi connectivity index (χ4v) is 1.53. The molecule has 3 nitrogen and oxygen atoms in total. The van der Waals surface area contributed by atoms with Crippen molar-refractivity contribution in [1.29, 1.82) is 0 Å². The Hall–Kier alpha value is -1.13. The topological polar surface area (TPSA) is 60.2 Å². The van der Waals surface area contributed by atoms with Gasteiger partial charge in [-0.3, -0.25) is 4.79 Å². The van der Waals surface area contributed by atoms with Crippen LogP contribution in [-0.2, 0) is 11.2 Å². The van der Waals surface area contributed by atoms with Crippen LogP contribution >= 0.6 is 12.6 Å². The molecule has 0 aromatic heterocycles. The molecule has 80 valence electrons. The third kappa shape index (κ3) is 3.18. The Labute approximate surface area is 94.1 Å². The molecule has 0 saturated carbocycles. The Kier molecular flexibility index (Phi) is 4.52. The van der Waals surface area contributed by atoms with Crippen LogP contribution in [0.3, 0.4) is 0 Å². The number of hydrogen-bond acceptors (Lipinski definition) is 4. The second-order valence-electron chi connectivity index (χ2n) is 3.24. The largest absolute Gasteiger partial charge is 0.321 e. The van der Waals surface area contributed by atoms with E-state index in [0.717, 1.165) is 5.56 Å². The first kappa shape index (κ1) is 11.9. The van der Waals surface area contributed by atoms with Gasteiger partial charge in [-0.25, -0.2) is 0 Å². The monoisotopic (exact) mass is 223 g/mol. The van der Waals surface area contributed by atoms with Crippen molar-refractivity contribution in [2.45, 2.75) is 12.5 Å². The zero-order valence-corrected chi connectivity index (χ0v) is 9.11. The first-order valence-corrected chi connectivity index (χ1v) is 5.25. The van der Waals surface area contributed by atoms with Crippen molar-refractivity contribution in [2.24, 2.45) is 5.73 Å². The van der Waals surface area contributed by atoms with Crippen LogP contribution in [0, 0.1) is 0 Å². The van der Waals surface area contributed by atoms with Crippen LogP contribution in [0.4, 0.5) is 0 Å². The summed E-state index contributed by atoms with van der Waals surface area (Å²) in [5.74, 6) is 0.111. The van der Waals surface area contributed by atoms with Gasteiger partial charge in [-0.2, -0.15) is 12.6 Å². The van der Waals surface area contributed by atoms with E-state index < -0.39 is 6.04 Å². The predicted molar refractivity (Wildman–Crippen MR) is 62.4 cm³/mol. The van der Waals surface area contributed by atoms with Gasteiger partial charge >= 0.3 is 0 Å². The number of nitrogens with two attached hydrogens (primary N) is 1. The zero-order valence-electron chi connectivity index (χ0n) is 8.22. The molecule has 0 heterocycles. The average Bonchev–Trinajstić information content (AvgIpc) is 2.28. The first-order valence-electron chi connectivity index (χ1n) is 4.62. The number of ketones is 1. The van der Waals surface area contributed by atoms with E-state index in [1.54, 1.807) is 18.2 Å². The summed E-state index contributed by atoms with van der Waals surface area (Å²) in [7, 11) is 0. The SMILES string of the molecule is N[C@H](C=O)Cc1ccccc1C(=O)CS. The normalized spacial score (nSPS) is 12.1. The number of carbonyl (C=O) groups is 2. The van der Waals surface area contributed by atoms with Gasteiger partial charge in [0.25, 0.3) is 0 Å². The number of benzene rings is 1. The highest BCUT2D eigenvalue weighted by atomic mass is 32.1. The molecule has 0 unspecified atom stereocenters. The third-order valence-corrected chi connectivity index (χ3v) is 2.38. The maximum Gasteiger partial charge on any atom is 0.172 e. The van der Waals surface area contributed by atoms with Gasteiger partial charge in [0, 0.05) is 5.56 Å². The Morgan fingerprint density at radius 1 is 1.47 bits per heavy atom. The van der Waals surface area contributed by atoms with Crippen LogP contribution < -0.4 is 5.73 Å². The Bertz CT molecular complexity index is 365. The summed E-state index contributed by atoms with van der Waals surface area (Å²) >= 11 is 3.94. The molecular formula is C11H13NO2S. The fourth-order valence-electron chi connectivity index (χ4n) is 1.36. The number of Topliss-reactive ketones (excluding diaryl/α,β-unsaturated/α-hetero) is 1. The summed E-state index contributed by atoms with van der Waals surface area (Å²) in [6.45, 7) is 0. The molecule has 15 heavy (non-hydrogen) atoms. The summed E-state index contributed by atoms with van der Waals surface area (Å²) in [4.78, 5) is 21.9. The van der Waals surface area contributed by atoms with Gasteiger partial charge < -0.3 is 10.5 Å². The van der Waals surface area contributed by atoms with Crippen molar-refractivity contribution in [3.05, 3.63) is 35.4 Å². The average molecular weight is 223 g/mol.